The molecule has 2 aliphatic heterocycles. The molecule has 0 atom stereocenters. The van der Waals surface area contributed by atoms with Crippen molar-refractivity contribution < 1.29 is 9.72 Å². The van der Waals surface area contributed by atoms with E-state index >= 15 is 0 Å². The summed E-state index contributed by atoms with van der Waals surface area (Å²) in [5.74, 6) is -0.276. The highest BCUT2D eigenvalue weighted by Crippen LogP contribution is 2.28. The summed E-state index contributed by atoms with van der Waals surface area (Å²) in [6, 6.07) is 12.7. The largest absolute Gasteiger partial charge is 0.371 e. The average molecular weight is 438 g/mol. The first-order valence-corrected chi connectivity index (χ1v) is 11.4. The predicted molar refractivity (Wildman–Crippen MR) is 126 cm³/mol. The number of rotatable bonds is 6. The Bertz CT molecular complexity index is 966. The third-order valence-corrected chi connectivity index (χ3v) is 6.41. The van der Waals surface area contributed by atoms with E-state index < -0.39 is 4.92 Å². The Morgan fingerprint density at radius 1 is 0.938 bits per heavy atom. The van der Waals surface area contributed by atoms with Crippen LogP contribution in [0.1, 0.15) is 35.2 Å². The summed E-state index contributed by atoms with van der Waals surface area (Å²) < 4.78 is 0. The van der Waals surface area contributed by atoms with Crippen LogP contribution in [0.2, 0.25) is 0 Å². The van der Waals surface area contributed by atoms with Crippen molar-refractivity contribution in [1.29, 1.82) is 0 Å². The molecule has 0 spiro atoms. The van der Waals surface area contributed by atoms with Gasteiger partial charge in [0.05, 0.1) is 16.2 Å². The van der Waals surface area contributed by atoms with E-state index in [-0.39, 0.29) is 11.6 Å². The Labute approximate surface area is 189 Å². The maximum atomic E-state index is 13.2. The monoisotopic (exact) mass is 437 g/mol. The molecule has 0 unspecified atom stereocenters. The Hall–Kier alpha value is -3.13. The fourth-order valence-electron chi connectivity index (χ4n) is 4.52. The maximum Gasteiger partial charge on any atom is 0.270 e. The number of piperazine rings is 1. The van der Waals surface area contributed by atoms with Crippen LogP contribution in [0.5, 0.6) is 0 Å². The zero-order chi connectivity index (χ0) is 22.5. The van der Waals surface area contributed by atoms with Gasteiger partial charge in [0.1, 0.15) is 0 Å². The molecule has 1 N–H and O–H groups in total. The molecule has 2 aromatic carbocycles. The predicted octanol–water partition coefficient (Wildman–Crippen LogP) is 3.27. The molecule has 0 aliphatic carbocycles. The molecule has 2 fully saturated rings. The van der Waals surface area contributed by atoms with Crippen molar-refractivity contribution in [3.63, 3.8) is 0 Å². The molecular formula is C24H31N5O3. The van der Waals surface area contributed by atoms with Gasteiger partial charge in [-0.15, -0.1) is 0 Å². The Kier molecular flexibility index (Phi) is 6.90. The number of piperidine rings is 1. The van der Waals surface area contributed by atoms with E-state index in [1.165, 1.54) is 18.6 Å². The zero-order valence-corrected chi connectivity index (χ0v) is 18.6. The molecule has 4 rings (SSSR count). The van der Waals surface area contributed by atoms with Crippen LogP contribution in [-0.4, -0.2) is 62.0 Å². The standard InChI is InChI=1S/C24H31N5O3/c1-26-13-15-28(16-14-26)22-8-4-3-7-19(22)18-25-24(30)21-17-20(29(31)32)9-10-23(21)27-11-5-2-6-12-27/h3-4,7-10,17H,2,5-6,11-16,18H2,1H3,(H,25,30). The highest BCUT2D eigenvalue weighted by atomic mass is 16.6. The number of likely N-dealkylation sites (N-methyl/N-ethyl adjacent to an activating group) is 1. The quantitative estimate of drug-likeness (QED) is 0.552. The summed E-state index contributed by atoms with van der Waals surface area (Å²) in [6.45, 7) is 6.02. The van der Waals surface area contributed by atoms with Crippen LogP contribution in [0, 0.1) is 10.1 Å². The van der Waals surface area contributed by atoms with Crippen molar-refractivity contribution in [3.05, 3.63) is 63.7 Å². The lowest BCUT2D eigenvalue weighted by molar-refractivity contribution is -0.384. The molecule has 170 valence electrons. The number of carbonyl (C=O) groups is 1. The van der Waals surface area contributed by atoms with Crippen LogP contribution in [0.25, 0.3) is 0 Å². The van der Waals surface area contributed by atoms with Crippen molar-refractivity contribution in [2.24, 2.45) is 0 Å². The van der Waals surface area contributed by atoms with E-state index in [1.54, 1.807) is 6.07 Å². The molecule has 8 nitrogen and oxygen atoms in total. The van der Waals surface area contributed by atoms with E-state index in [9.17, 15) is 14.9 Å². The number of hydrogen-bond acceptors (Lipinski definition) is 6. The summed E-state index contributed by atoms with van der Waals surface area (Å²) in [6.07, 6.45) is 3.31. The second-order valence-corrected chi connectivity index (χ2v) is 8.61. The van der Waals surface area contributed by atoms with Crippen LogP contribution >= 0.6 is 0 Å². The number of nitro benzene ring substituents is 1. The lowest BCUT2D eigenvalue weighted by Gasteiger charge is -2.35. The molecule has 0 radical (unpaired) electrons. The van der Waals surface area contributed by atoms with E-state index in [0.717, 1.165) is 69.0 Å². The molecule has 2 saturated heterocycles. The number of nitrogens with one attached hydrogen (secondary N) is 1. The minimum atomic E-state index is -0.445. The normalized spacial score (nSPS) is 17.3. The van der Waals surface area contributed by atoms with E-state index in [0.29, 0.717) is 12.1 Å². The highest BCUT2D eigenvalue weighted by molar-refractivity contribution is 6.00. The number of non-ortho nitro benzene ring substituents is 1. The molecule has 2 aliphatic rings. The number of hydrogen-bond donors (Lipinski definition) is 1. The number of carbonyl (C=O) groups excluding carboxylic acids is 1. The van der Waals surface area contributed by atoms with Crippen LogP contribution in [-0.2, 0) is 6.54 Å². The number of para-hydroxylation sites is 1. The number of benzene rings is 2. The van der Waals surface area contributed by atoms with Gasteiger partial charge in [0, 0.05) is 63.6 Å². The smallest absolute Gasteiger partial charge is 0.270 e. The average Bonchev–Trinajstić information content (AvgIpc) is 2.83. The third kappa shape index (κ3) is 5.02. The van der Waals surface area contributed by atoms with Gasteiger partial charge in [-0.25, -0.2) is 0 Å². The number of anilines is 2. The van der Waals surface area contributed by atoms with Gasteiger partial charge in [0.15, 0.2) is 0 Å². The Morgan fingerprint density at radius 2 is 1.62 bits per heavy atom. The number of nitrogens with zero attached hydrogens (tertiary/aromatic N) is 4. The fraction of sp³-hybridized carbons (Fsp3) is 0.458. The minimum absolute atomic E-state index is 0.0613. The minimum Gasteiger partial charge on any atom is -0.371 e. The molecular weight excluding hydrogens is 406 g/mol. The fourth-order valence-corrected chi connectivity index (χ4v) is 4.52. The lowest BCUT2D eigenvalue weighted by atomic mass is 10.1. The van der Waals surface area contributed by atoms with Gasteiger partial charge in [-0.2, -0.15) is 0 Å². The zero-order valence-electron chi connectivity index (χ0n) is 18.6. The number of nitro groups is 1. The molecule has 32 heavy (non-hydrogen) atoms. The third-order valence-electron chi connectivity index (χ3n) is 6.41. The summed E-state index contributed by atoms with van der Waals surface area (Å²) in [7, 11) is 2.13. The van der Waals surface area contributed by atoms with Gasteiger partial charge in [-0.3, -0.25) is 14.9 Å². The summed E-state index contributed by atoms with van der Waals surface area (Å²) in [5, 5.41) is 14.4. The van der Waals surface area contributed by atoms with Gasteiger partial charge in [-0.1, -0.05) is 18.2 Å². The van der Waals surface area contributed by atoms with Gasteiger partial charge in [0.25, 0.3) is 11.6 Å². The van der Waals surface area contributed by atoms with Crippen LogP contribution in [0.4, 0.5) is 17.1 Å². The number of amides is 1. The first-order valence-electron chi connectivity index (χ1n) is 11.4. The van der Waals surface area contributed by atoms with E-state index in [4.69, 9.17) is 0 Å². The molecule has 1 amide bonds. The molecule has 8 heteroatoms. The van der Waals surface area contributed by atoms with Crippen molar-refractivity contribution in [3.8, 4) is 0 Å². The van der Waals surface area contributed by atoms with Crippen LogP contribution in [0.3, 0.4) is 0 Å². The van der Waals surface area contributed by atoms with Crippen LogP contribution < -0.4 is 15.1 Å². The van der Waals surface area contributed by atoms with Gasteiger partial charge >= 0.3 is 0 Å². The molecule has 0 bridgehead atoms. The van der Waals surface area contributed by atoms with E-state index in [2.05, 4.69) is 33.1 Å². The summed E-state index contributed by atoms with van der Waals surface area (Å²) in [5.41, 5.74) is 3.28. The van der Waals surface area contributed by atoms with Crippen molar-refractivity contribution in [2.45, 2.75) is 25.8 Å². The van der Waals surface area contributed by atoms with Gasteiger partial charge in [0.2, 0.25) is 0 Å². The van der Waals surface area contributed by atoms with Crippen LogP contribution in [0.15, 0.2) is 42.5 Å². The lowest BCUT2D eigenvalue weighted by Crippen LogP contribution is -2.45. The van der Waals surface area contributed by atoms with Crippen molar-refractivity contribution >= 4 is 23.0 Å². The first kappa shape index (κ1) is 22.1. The maximum absolute atomic E-state index is 13.2. The second-order valence-electron chi connectivity index (χ2n) is 8.61. The second kappa shape index (κ2) is 9.99. The van der Waals surface area contributed by atoms with Gasteiger partial charge in [-0.05, 0) is 44.0 Å². The van der Waals surface area contributed by atoms with Crippen molar-refractivity contribution in [1.82, 2.24) is 10.2 Å². The SMILES string of the molecule is CN1CCN(c2ccccc2CNC(=O)c2cc([N+](=O)[O-])ccc2N2CCCCC2)CC1. The molecule has 0 aromatic heterocycles. The topological polar surface area (TPSA) is 82.0 Å². The molecule has 2 heterocycles. The Morgan fingerprint density at radius 3 is 2.34 bits per heavy atom. The van der Waals surface area contributed by atoms with Gasteiger partial charge < -0.3 is 20.0 Å². The van der Waals surface area contributed by atoms with Crippen molar-refractivity contribution in [2.75, 3.05) is 56.1 Å². The molecule has 2 aromatic rings. The summed E-state index contributed by atoms with van der Waals surface area (Å²) >= 11 is 0. The molecule has 0 saturated carbocycles. The summed E-state index contributed by atoms with van der Waals surface area (Å²) in [4.78, 5) is 30.9. The van der Waals surface area contributed by atoms with E-state index in [1.807, 2.05) is 18.2 Å². The Balaban J connectivity index is 1.53. The highest BCUT2D eigenvalue weighted by Gasteiger charge is 2.22. The first-order chi connectivity index (χ1) is 15.5.